The number of carbonyl (C=O) groups excluding carboxylic acids is 2. The van der Waals surface area contributed by atoms with Gasteiger partial charge in [0.1, 0.15) is 0 Å². The Kier molecular flexibility index (Phi) is 14.4. The smallest absolute Gasteiger partial charge is 0.371 e. The third-order valence-electron chi connectivity index (χ3n) is 4.01. The topological polar surface area (TPSA) is 34.1 Å². The second kappa shape index (κ2) is 15.1. The van der Waals surface area contributed by atoms with Gasteiger partial charge in [-0.15, -0.1) is 12.2 Å². The van der Waals surface area contributed by atoms with E-state index in [1.54, 1.807) is 0 Å². The molecule has 2 aliphatic carbocycles. The Morgan fingerprint density at radius 2 is 1.20 bits per heavy atom. The van der Waals surface area contributed by atoms with Crippen molar-refractivity contribution in [3.63, 3.8) is 0 Å². The molecule has 0 saturated heterocycles. The second-order valence-corrected chi connectivity index (χ2v) is 6.15. The molecule has 0 aromatic rings. The predicted molar refractivity (Wildman–Crippen MR) is 99.3 cm³/mol. The van der Waals surface area contributed by atoms with Crippen LogP contribution in [0.15, 0.2) is 35.5 Å². The molecule has 0 radical (unpaired) electrons. The summed E-state index contributed by atoms with van der Waals surface area (Å²) in [6.07, 6.45) is 23.5. The second-order valence-electron chi connectivity index (χ2n) is 6.15. The average Bonchev–Trinajstić information content (AvgIpc) is 3.29. The molecule has 0 aromatic carbocycles. The molecule has 2 nitrogen and oxygen atoms in total. The van der Waals surface area contributed by atoms with Gasteiger partial charge in [-0.2, -0.15) is 35.5 Å². The van der Waals surface area contributed by atoms with E-state index in [4.69, 9.17) is 0 Å². The summed E-state index contributed by atoms with van der Waals surface area (Å²) in [6.45, 7) is 4.29. The van der Waals surface area contributed by atoms with E-state index < -0.39 is 0 Å². The van der Waals surface area contributed by atoms with Crippen LogP contribution in [0.3, 0.4) is 0 Å². The van der Waals surface area contributed by atoms with E-state index in [0.29, 0.717) is 12.8 Å². The molecule has 0 spiro atoms. The molecule has 0 atom stereocenters. The van der Waals surface area contributed by atoms with Crippen molar-refractivity contribution in [3.05, 3.63) is 47.6 Å². The monoisotopic (exact) mass is 382 g/mol. The van der Waals surface area contributed by atoms with Gasteiger partial charge in [-0.1, -0.05) is 65.2 Å². The van der Waals surface area contributed by atoms with E-state index in [1.165, 1.54) is 12.8 Å². The predicted octanol–water partition coefficient (Wildman–Crippen LogP) is 5.65. The molecular formula is C22H30FeO2. The summed E-state index contributed by atoms with van der Waals surface area (Å²) in [5, 5.41) is 0. The van der Waals surface area contributed by atoms with Gasteiger partial charge in [0.2, 0.25) is 0 Å². The van der Waals surface area contributed by atoms with Crippen LogP contribution >= 0.6 is 0 Å². The number of hydrogen-bond acceptors (Lipinski definition) is 2. The zero-order valence-corrected chi connectivity index (χ0v) is 16.7. The molecular weight excluding hydrogens is 352 g/mol. The zero-order chi connectivity index (χ0) is 17.6. The van der Waals surface area contributed by atoms with Crippen LogP contribution < -0.4 is 0 Å². The van der Waals surface area contributed by atoms with E-state index in [1.807, 2.05) is 24.3 Å². The third-order valence-corrected chi connectivity index (χ3v) is 4.01. The molecule has 25 heavy (non-hydrogen) atoms. The average molecular weight is 382 g/mol. The zero-order valence-electron chi connectivity index (χ0n) is 15.6. The number of ketones is 2. The fourth-order valence-corrected chi connectivity index (χ4v) is 2.53. The third kappa shape index (κ3) is 10.4. The largest absolute Gasteiger partial charge is 2.00 e. The van der Waals surface area contributed by atoms with Crippen LogP contribution in [0.25, 0.3) is 0 Å². The number of unbranched alkanes of at least 4 members (excludes halogenated alkanes) is 4. The van der Waals surface area contributed by atoms with Crippen molar-refractivity contribution < 1.29 is 26.7 Å². The quantitative estimate of drug-likeness (QED) is 0.278. The fourth-order valence-electron chi connectivity index (χ4n) is 2.53. The first-order chi connectivity index (χ1) is 11.7. The maximum Gasteiger partial charge on any atom is 2.00 e. The summed E-state index contributed by atoms with van der Waals surface area (Å²) in [4.78, 5) is 22.7. The molecule has 0 aromatic heterocycles. The maximum absolute atomic E-state index is 11.4. The van der Waals surface area contributed by atoms with E-state index in [2.05, 4.69) is 26.0 Å². The van der Waals surface area contributed by atoms with Crippen molar-refractivity contribution in [2.45, 2.75) is 78.1 Å². The summed E-state index contributed by atoms with van der Waals surface area (Å²) >= 11 is 0. The SMILES string of the molecule is CCCCCC(=O)C1=[C-]CC=C1.CCCCCC(=O)C1=[C-]CC=C1.[Fe+2]. The van der Waals surface area contributed by atoms with Gasteiger partial charge in [0.25, 0.3) is 0 Å². The van der Waals surface area contributed by atoms with Gasteiger partial charge < -0.3 is 9.59 Å². The molecule has 2 aliphatic rings. The van der Waals surface area contributed by atoms with E-state index in [-0.39, 0.29) is 28.6 Å². The first kappa shape index (κ1) is 23.8. The summed E-state index contributed by atoms with van der Waals surface area (Å²) < 4.78 is 0. The van der Waals surface area contributed by atoms with Crippen LogP contribution in [0.1, 0.15) is 78.1 Å². The Balaban J connectivity index is 0.000000443. The first-order valence-corrected chi connectivity index (χ1v) is 9.30. The van der Waals surface area contributed by atoms with Gasteiger partial charge in [0.05, 0.1) is 0 Å². The van der Waals surface area contributed by atoms with Crippen LogP contribution in [0, 0.1) is 12.2 Å². The Bertz CT molecular complexity index is 476. The number of allylic oxidation sites excluding steroid dienone is 8. The van der Waals surface area contributed by atoms with E-state index in [9.17, 15) is 9.59 Å². The Morgan fingerprint density at radius 3 is 1.48 bits per heavy atom. The van der Waals surface area contributed by atoms with Crippen molar-refractivity contribution in [3.8, 4) is 0 Å². The van der Waals surface area contributed by atoms with Crippen LogP contribution in [0.5, 0.6) is 0 Å². The van der Waals surface area contributed by atoms with Gasteiger partial charge in [-0.3, -0.25) is 0 Å². The number of Topliss-reactive ketones (excluding diaryl/α,β-unsaturated/α-hetero) is 2. The molecule has 2 rings (SSSR count). The summed E-state index contributed by atoms with van der Waals surface area (Å²) in [5.74, 6) is 0.523. The molecule has 0 fully saturated rings. The van der Waals surface area contributed by atoms with Gasteiger partial charge in [-0.05, 0) is 12.8 Å². The summed E-state index contributed by atoms with van der Waals surface area (Å²) in [6, 6.07) is 0. The molecule has 138 valence electrons. The first-order valence-electron chi connectivity index (χ1n) is 9.30. The molecule has 0 saturated carbocycles. The molecule has 3 heteroatoms. The molecule has 0 bridgehead atoms. The summed E-state index contributed by atoms with van der Waals surface area (Å²) in [5.41, 5.74) is 1.59. The minimum Gasteiger partial charge on any atom is -0.371 e. The van der Waals surface area contributed by atoms with Crippen molar-refractivity contribution in [1.29, 1.82) is 0 Å². The van der Waals surface area contributed by atoms with Crippen LogP contribution in [-0.4, -0.2) is 11.6 Å². The molecule has 0 N–H and O–H groups in total. The molecule has 0 heterocycles. The van der Waals surface area contributed by atoms with Crippen molar-refractivity contribution >= 4 is 11.6 Å². The molecule has 0 unspecified atom stereocenters. The van der Waals surface area contributed by atoms with E-state index >= 15 is 0 Å². The molecule has 0 aliphatic heterocycles. The Hall–Kier alpha value is -1.18. The van der Waals surface area contributed by atoms with Crippen LogP contribution in [0.4, 0.5) is 0 Å². The summed E-state index contributed by atoms with van der Waals surface area (Å²) in [7, 11) is 0. The number of rotatable bonds is 10. The van der Waals surface area contributed by atoms with Crippen molar-refractivity contribution in [2.75, 3.05) is 0 Å². The minimum absolute atomic E-state index is 0. The van der Waals surface area contributed by atoms with Crippen LogP contribution in [-0.2, 0) is 26.7 Å². The van der Waals surface area contributed by atoms with E-state index in [0.717, 1.165) is 49.7 Å². The van der Waals surface area contributed by atoms with Gasteiger partial charge in [0, 0.05) is 11.6 Å². The normalized spacial score (nSPS) is 14.3. The fraction of sp³-hybridized carbons (Fsp3) is 0.545. The van der Waals surface area contributed by atoms with Gasteiger partial charge in [-0.25, -0.2) is 0 Å². The Morgan fingerprint density at radius 1 is 0.800 bits per heavy atom. The molecule has 0 amide bonds. The standard InChI is InChI=1S/2C11H15O.Fe/c2*1-2-3-4-9-11(12)10-7-5-6-8-10;/h2*5,7H,2-4,6,9H2,1H3;/q2*-1;+2. The Labute approximate surface area is 164 Å². The number of hydrogen-bond donors (Lipinski definition) is 0. The maximum atomic E-state index is 11.4. The van der Waals surface area contributed by atoms with Gasteiger partial charge >= 0.3 is 17.1 Å². The van der Waals surface area contributed by atoms with Crippen molar-refractivity contribution in [2.24, 2.45) is 0 Å². The van der Waals surface area contributed by atoms with Gasteiger partial charge in [0.15, 0.2) is 0 Å². The minimum atomic E-state index is 0. The number of carbonyl (C=O) groups is 2. The van der Waals surface area contributed by atoms with Crippen molar-refractivity contribution in [1.82, 2.24) is 0 Å². The van der Waals surface area contributed by atoms with Crippen LogP contribution in [0.2, 0.25) is 0 Å².